The predicted molar refractivity (Wildman–Crippen MR) is 110 cm³/mol. The third-order valence-corrected chi connectivity index (χ3v) is 5.86. The lowest BCUT2D eigenvalue weighted by Gasteiger charge is -2.24. The molecule has 0 saturated heterocycles. The number of ether oxygens (including phenoxy) is 1. The molecular formula is C21H24N2O5S. The summed E-state index contributed by atoms with van der Waals surface area (Å²) in [5, 5.41) is 15.0. The Hall–Kier alpha value is -2.84. The molecule has 7 nitrogen and oxygen atoms in total. The van der Waals surface area contributed by atoms with Gasteiger partial charge in [-0.3, -0.25) is 0 Å². The largest absolute Gasteiger partial charge is 0.478 e. The second-order valence-corrected chi connectivity index (χ2v) is 9.13. The van der Waals surface area contributed by atoms with Crippen molar-refractivity contribution in [2.24, 2.45) is 10.6 Å². The van der Waals surface area contributed by atoms with Gasteiger partial charge in [0.05, 0.1) is 22.4 Å². The van der Waals surface area contributed by atoms with Crippen LogP contribution in [0.2, 0.25) is 0 Å². The molecule has 1 aromatic carbocycles. The smallest absolute Gasteiger partial charge is 0.337 e. The molecule has 0 atom stereocenters. The zero-order valence-corrected chi connectivity index (χ0v) is 17.6. The number of allylic oxidation sites excluding steroid dienone is 2. The average molecular weight is 416 g/mol. The Kier molecular flexibility index (Phi) is 5.19. The first-order valence-corrected chi connectivity index (χ1v) is 10.7. The Balaban J connectivity index is 2.32. The van der Waals surface area contributed by atoms with Gasteiger partial charge in [-0.2, -0.15) is 0 Å². The van der Waals surface area contributed by atoms with Gasteiger partial charge in [0.2, 0.25) is 10.0 Å². The van der Waals surface area contributed by atoms with E-state index in [4.69, 9.17) is 9.88 Å². The van der Waals surface area contributed by atoms with Gasteiger partial charge >= 0.3 is 5.97 Å². The van der Waals surface area contributed by atoms with Gasteiger partial charge in [0.1, 0.15) is 5.76 Å². The molecule has 29 heavy (non-hydrogen) atoms. The van der Waals surface area contributed by atoms with Crippen LogP contribution in [0.5, 0.6) is 0 Å². The fourth-order valence-corrected chi connectivity index (χ4v) is 4.09. The molecule has 0 amide bonds. The van der Waals surface area contributed by atoms with E-state index in [0.717, 1.165) is 0 Å². The first kappa shape index (κ1) is 20.9. The van der Waals surface area contributed by atoms with Gasteiger partial charge in [-0.15, -0.1) is 0 Å². The average Bonchev–Trinajstić information content (AvgIpc) is 2.92. The van der Waals surface area contributed by atoms with Crippen LogP contribution in [0.4, 0.5) is 0 Å². The fraction of sp³-hybridized carbons (Fsp3) is 0.286. The summed E-state index contributed by atoms with van der Waals surface area (Å²) in [4.78, 5) is 12.0. The number of carbonyl (C=O) groups is 1. The molecule has 0 spiro atoms. The number of carboxylic acids is 1. The molecule has 2 heterocycles. The lowest BCUT2D eigenvalue weighted by Crippen LogP contribution is -2.13. The Morgan fingerprint density at radius 2 is 1.86 bits per heavy atom. The van der Waals surface area contributed by atoms with Gasteiger partial charge in [-0.1, -0.05) is 20.8 Å². The minimum absolute atomic E-state index is 0.0148. The van der Waals surface area contributed by atoms with Crippen LogP contribution >= 0.6 is 0 Å². The number of nitrogens with two attached hydrogens (primary N) is 1. The molecule has 0 bridgehead atoms. The van der Waals surface area contributed by atoms with Crippen molar-refractivity contribution < 1.29 is 23.1 Å². The molecule has 1 aromatic heterocycles. The summed E-state index contributed by atoms with van der Waals surface area (Å²) >= 11 is 0. The highest BCUT2D eigenvalue weighted by Gasteiger charge is 2.29. The minimum Gasteiger partial charge on any atom is -0.478 e. The highest BCUT2D eigenvalue weighted by Crippen LogP contribution is 2.37. The second kappa shape index (κ2) is 7.20. The van der Waals surface area contributed by atoms with Crippen molar-refractivity contribution in [2.45, 2.75) is 39.0 Å². The number of nitrogens with zero attached hydrogens (tertiary/aromatic N) is 1. The molecule has 0 radical (unpaired) electrons. The molecule has 8 heteroatoms. The van der Waals surface area contributed by atoms with Crippen molar-refractivity contribution in [3.8, 4) is 5.69 Å². The van der Waals surface area contributed by atoms with E-state index in [0.29, 0.717) is 34.8 Å². The fourth-order valence-electron chi connectivity index (χ4n) is 3.57. The zero-order valence-electron chi connectivity index (χ0n) is 16.8. The maximum absolute atomic E-state index is 12.0. The van der Waals surface area contributed by atoms with E-state index in [2.05, 4.69) is 0 Å². The topological polar surface area (TPSA) is 112 Å². The SMILES string of the molecule is CCc1c(C(=O)O)c(C)n(-c2ccc(S(N)(=O)=O)cc2)c1C1=CC(C)(C)C=CO1. The van der Waals surface area contributed by atoms with E-state index in [-0.39, 0.29) is 15.9 Å². The van der Waals surface area contributed by atoms with E-state index in [1.165, 1.54) is 12.1 Å². The number of aromatic nitrogens is 1. The van der Waals surface area contributed by atoms with E-state index in [9.17, 15) is 18.3 Å². The number of aromatic carboxylic acids is 1. The highest BCUT2D eigenvalue weighted by molar-refractivity contribution is 7.89. The normalized spacial score (nSPS) is 15.7. The maximum Gasteiger partial charge on any atom is 0.337 e. The number of hydrogen-bond acceptors (Lipinski definition) is 4. The Bertz CT molecular complexity index is 1140. The predicted octanol–water partition coefficient (Wildman–Crippen LogP) is 3.60. The number of sulfonamides is 1. The number of primary sulfonamides is 1. The molecule has 0 fully saturated rings. The molecule has 0 saturated carbocycles. The van der Waals surface area contributed by atoms with Gasteiger partial charge in [0, 0.05) is 16.8 Å². The first-order valence-electron chi connectivity index (χ1n) is 9.14. The summed E-state index contributed by atoms with van der Waals surface area (Å²) in [6, 6.07) is 6.01. The lowest BCUT2D eigenvalue weighted by atomic mass is 9.90. The maximum atomic E-state index is 12.0. The summed E-state index contributed by atoms with van der Waals surface area (Å²) in [5.41, 5.74) is 2.40. The minimum atomic E-state index is -3.83. The monoisotopic (exact) mass is 416 g/mol. The summed E-state index contributed by atoms with van der Waals surface area (Å²) in [6.07, 6.45) is 5.96. The Labute approximate surface area is 170 Å². The van der Waals surface area contributed by atoms with Crippen molar-refractivity contribution in [2.75, 3.05) is 0 Å². The van der Waals surface area contributed by atoms with Crippen LogP contribution in [0.15, 0.2) is 47.6 Å². The summed E-state index contributed by atoms with van der Waals surface area (Å²) < 4.78 is 30.7. The van der Waals surface area contributed by atoms with Crippen LogP contribution < -0.4 is 5.14 Å². The van der Waals surface area contributed by atoms with Crippen LogP contribution in [0.25, 0.3) is 11.4 Å². The van der Waals surface area contributed by atoms with Gasteiger partial charge < -0.3 is 14.4 Å². The lowest BCUT2D eigenvalue weighted by molar-refractivity contribution is 0.0695. The van der Waals surface area contributed by atoms with Crippen molar-refractivity contribution in [1.82, 2.24) is 4.57 Å². The molecule has 1 aliphatic rings. The second-order valence-electron chi connectivity index (χ2n) is 7.57. The standard InChI is InChI=1S/C21H24N2O5S/c1-5-16-18(20(24)25)13(2)23(14-6-8-15(9-7-14)29(22,26)27)19(16)17-12-21(3,4)10-11-28-17/h6-12H,5H2,1-4H3,(H,24,25)(H2,22,26,27). The van der Waals surface area contributed by atoms with Gasteiger partial charge in [-0.05, 0) is 55.3 Å². The third kappa shape index (κ3) is 3.86. The molecule has 1 aliphatic heterocycles. The van der Waals surface area contributed by atoms with E-state index in [1.807, 2.05) is 32.9 Å². The van der Waals surface area contributed by atoms with Crippen molar-refractivity contribution in [3.05, 3.63) is 65.2 Å². The van der Waals surface area contributed by atoms with Crippen LogP contribution in [0.3, 0.4) is 0 Å². The van der Waals surface area contributed by atoms with Crippen LogP contribution in [-0.2, 0) is 21.2 Å². The third-order valence-electron chi connectivity index (χ3n) is 4.93. The number of hydrogen-bond donors (Lipinski definition) is 2. The molecule has 0 unspecified atom stereocenters. The zero-order chi connectivity index (χ0) is 21.6. The summed E-state index contributed by atoms with van der Waals surface area (Å²) in [7, 11) is -3.83. The van der Waals surface area contributed by atoms with E-state index in [1.54, 1.807) is 29.9 Å². The van der Waals surface area contributed by atoms with Crippen molar-refractivity contribution in [3.63, 3.8) is 0 Å². The van der Waals surface area contributed by atoms with Crippen LogP contribution in [0, 0.1) is 12.3 Å². The summed E-state index contributed by atoms with van der Waals surface area (Å²) in [5.74, 6) is -0.466. The Morgan fingerprint density at radius 1 is 1.24 bits per heavy atom. The van der Waals surface area contributed by atoms with E-state index >= 15 is 0 Å². The number of rotatable bonds is 5. The molecule has 2 aromatic rings. The number of benzene rings is 1. The van der Waals surface area contributed by atoms with E-state index < -0.39 is 16.0 Å². The quantitative estimate of drug-likeness (QED) is 0.773. The van der Waals surface area contributed by atoms with Gasteiger partial charge in [0.25, 0.3) is 0 Å². The molecule has 3 N–H and O–H groups in total. The Morgan fingerprint density at radius 3 is 2.34 bits per heavy atom. The molecule has 154 valence electrons. The first-order chi connectivity index (χ1) is 13.5. The number of carboxylic acid groups (broad SMARTS) is 1. The molecular weight excluding hydrogens is 392 g/mol. The van der Waals surface area contributed by atoms with Crippen LogP contribution in [-0.4, -0.2) is 24.1 Å². The van der Waals surface area contributed by atoms with Gasteiger partial charge in [-0.25, -0.2) is 18.4 Å². The van der Waals surface area contributed by atoms with Gasteiger partial charge in [0.15, 0.2) is 0 Å². The highest BCUT2D eigenvalue weighted by atomic mass is 32.2. The molecule has 3 rings (SSSR count). The van der Waals surface area contributed by atoms with Crippen LogP contribution in [0.1, 0.15) is 48.1 Å². The van der Waals surface area contributed by atoms with Crippen molar-refractivity contribution in [1.29, 1.82) is 0 Å². The molecule has 0 aliphatic carbocycles. The summed E-state index contributed by atoms with van der Waals surface area (Å²) in [6.45, 7) is 7.67. The van der Waals surface area contributed by atoms with Crippen molar-refractivity contribution >= 4 is 21.8 Å².